The molecule has 1 aliphatic heterocycles. The third-order valence-corrected chi connectivity index (χ3v) is 10.4. The summed E-state index contributed by atoms with van der Waals surface area (Å²) >= 11 is 0. The van der Waals surface area contributed by atoms with E-state index < -0.39 is 8.07 Å². The Bertz CT molecular complexity index is 1910. The molecule has 1 aliphatic rings. The van der Waals surface area contributed by atoms with E-state index in [2.05, 4.69) is 123 Å². The third-order valence-electron chi connectivity index (χ3n) is 8.42. The fourth-order valence-corrected chi connectivity index (χ4v) is 7.60. The predicted molar refractivity (Wildman–Crippen MR) is 193 cm³/mol. The average Bonchev–Trinajstić information content (AvgIpc) is 3.68. The number of rotatable bonds is 6. The van der Waals surface area contributed by atoms with Crippen LogP contribution in [0.3, 0.4) is 0 Å². The monoisotopic (exact) mass is 815 g/mol. The maximum atomic E-state index is 6.48. The second-order valence-electron chi connectivity index (χ2n) is 13.3. The van der Waals surface area contributed by atoms with Crippen molar-refractivity contribution in [2.24, 2.45) is 0 Å². The first-order valence-electron chi connectivity index (χ1n) is 16.1. The van der Waals surface area contributed by atoms with Crippen molar-refractivity contribution < 1.29 is 24.5 Å². The number of furan rings is 1. The summed E-state index contributed by atoms with van der Waals surface area (Å²) in [4.78, 5) is 13.8. The first kappa shape index (κ1) is 34.3. The molecular formula is C40H42IrN4OSi-2. The van der Waals surface area contributed by atoms with Crippen LogP contribution in [0.25, 0.3) is 44.5 Å². The minimum absolute atomic E-state index is 0. The zero-order valence-electron chi connectivity index (χ0n) is 28.2. The van der Waals surface area contributed by atoms with E-state index in [0.717, 1.165) is 33.7 Å². The first-order chi connectivity index (χ1) is 22.1. The Labute approximate surface area is 293 Å². The average molecular weight is 815 g/mol. The van der Waals surface area contributed by atoms with Crippen LogP contribution in [-0.4, -0.2) is 39.9 Å². The minimum atomic E-state index is -1.61. The standard InChI is InChI=1S/C29H34N3OSi.C11H8N.Ir/c1-19(2)31-16-17-32(20(3)4)29(31)21-14-15-30-24(18-21)22-12-13-26(34(5,6)7)27-23-10-8-9-11-25(23)33-28(22)27;1-2-6-10(7-3-1)11-8-4-5-9-12-11;/h8-11,13-20,29H,1-7H3;1-6,8-9H;/q2*-1;. The van der Waals surface area contributed by atoms with Gasteiger partial charge in [0.1, 0.15) is 11.7 Å². The largest absolute Gasteiger partial charge is 0.501 e. The molecule has 4 heterocycles. The van der Waals surface area contributed by atoms with Gasteiger partial charge in [-0.25, -0.2) is 0 Å². The van der Waals surface area contributed by atoms with Crippen molar-refractivity contribution in [1.29, 1.82) is 0 Å². The van der Waals surface area contributed by atoms with Crippen molar-refractivity contribution in [2.45, 2.75) is 65.6 Å². The summed E-state index contributed by atoms with van der Waals surface area (Å²) in [6.45, 7) is 16.1. The molecule has 0 spiro atoms. The summed E-state index contributed by atoms with van der Waals surface area (Å²) in [6, 6.07) is 36.1. The van der Waals surface area contributed by atoms with Crippen LogP contribution in [0.5, 0.6) is 0 Å². The molecule has 6 aromatic rings. The van der Waals surface area contributed by atoms with Crippen LogP contribution in [0.15, 0.2) is 114 Å². The molecule has 7 rings (SSSR count). The Hall–Kier alpha value is -4.03. The number of hydrogen-bond donors (Lipinski definition) is 0. The maximum Gasteiger partial charge on any atom is 0.127 e. The molecule has 5 nitrogen and oxygen atoms in total. The summed E-state index contributed by atoms with van der Waals surface area (Å²) in [5.74, 6) is 0. The molecule has 3 aromatic heterocycles. The molecule has 0 unspecified atom stereocenters. The number of benzene rings is 3. The normalized spacial score (nSPS) is 13.4. The molecule has 3 aromatic carbocycles. The van der Waals surface area contributed by atoms with Gasteiger partial charge >= 0.3 is 0 Å². The number of fused-ring (bicyclic) bond motifs is 3. The van der Waals surface area contributed by atoms with Gasteiger partial charge in [0, 0.05) is 70.4 Å². The Morgan fingerprint density at radius 3 is 2.09 bits per heavy atom. The Morgan fingerprint density at radius 2 is 1.45 bits per heavy atom. The molecule has 7 heteroatoms. The molecule has 0 atom stereocenters. The van der Waals surface area contributed by atoms with Crippen molar-refractivity contribution in [3.05, 3.63) is 127 Å². The summed E-state index contributed by atoms with van der Waals surface area (Å²) < 4.78 is 6.48. The van der Waals surface area contributed by atoms with Gasteiger partial charge in [-0.05, 0) is 62.8 Å². The number of hydrogen-bond acceptors (Lipinski definition) is 5. The van der Waals surface area contributed by atoms with Crippen LogP contribution in [0, 0.1) is 12.1 Å². The number of para-hydroxylation sites is 1. The second-order valence-corrected chi connectivity index (χ2v) is 18.4. The van der Waals surface area contributed by atoms with Gasteiger partial charge < -0.3 is 24.2 Å². The van der Waals surface area contributed by atoms with E-state index in [4.69, 9.17) is 9.40 Å². The van der Waals surface area contributed by atoms with Crippen LogP contribution in [0.4, 0.5) is 0 Å². The summed E-state index contributed by atoms with van der Waals surface area (Å²) in [7, 11) is -1.61. The van der Waals surface area contributed by atoms with Crippen LogP contribution in [0.2, 0.25) is 19.6 Å². The summed E-state index contributed by atoms with van der Waals surface area (Å²) in [5, 5.41) is 3.79. The van der Waals surface area contributed by atoms with Crippen molar-refractivity contribution in [1.82, 2.24) is 19.8 Å². The van der Waals surface area contributed by atoms with E-state index in [-0.39, 0.29) is 26.3 Å². The van der Waals surface area contributed by atoms with Gasteiger partial charge in [-0.1, -0.05) is 67.0 Å². The van der Waals surface area contributed by atoms with Gasteiger partial charge in [0.2, 0.25) is 0 Å². The van der Waals surface area contributed by atoms with Gasteiger partial charge in [0.25, 0.3) is 0 Å². The quantitative estimate of drug-likeness (QED) is 0.124. The Kier molecular flexibility index (Phi) is 10.5. The second kappa shape index (κ2) is 14.4. The fraction of sp³-hybridized carbons (Fsp3) is 0.250. The maximum absolute atomic E-state index is 6.48. The molecule has 243 valence electrons. The van der Waals surface area contributed by atoms with E-state index >= 15 is 0 Å². The van der Waals surface area contributed by atoms with Crippen molar-refractivity contribution in [3.8, 4) is 22.5 Å². The van der Waals surface area contributed by atoms with Crippen LogP contribution in [-0.2, 0) is 20.1 Å². The topological polar surface area (TPSA) is 45.4 Å². The minimum Gasteiger partial charge on any atom is -0.501 e. The van der Waals surface area contributed by atoms with Gasteiger partial charge in [-0.2, -0.15) is 0 Å². The molecule has 0 saturated heterocycles. The van der Waals surface area contributed by atoms with Crippen LogP contribution >= 0.6 is 0 Å². The van der Waals surface area contributed by atoms with E-state index in [1.165, 1.54) is 21.5 Å². The number of pyridine rings is 2. The van der Waals surface area contributed by atoms with Gasteiger partial charge in [-0.15, -0.1) is 53.2 Å². The van der Waals surface area contributed by atoms with Crippen molar-refractivity contribution in [3.63, 3.8) is 0 Å². The zero-order chi connectivity index (χ0) is 32.4. The smallest absolute Gasteiger partial charge is 0.127 e. The van der Waals surface area contributed by atoms with E-state index in [1.54, 1.807) is 6.20 Å². The molecule has 0 saturated carbocycles. The zero-order valence-corrected chi connectivity index (χ0v) is 31.5. The first-order valence-corrected chi connectivity index (χ1v) is 19.6. The molecule has 47 heavy (non-hydrogen) atoms. The predicted octanol–water partition coefficient (Wildman–Crippen LogP) is 9.44. The van der Waals surface area contributed by atoms with E-state index in [1.807, 2.05) is 54.7 Å². The van der Waals surface area contributed by atoms with Crippen molar-refractivity contribution >= 4 is 35.2 Å². The van der Waals surface area contributed by atoms with Crippen LogP contribution < -0.4 is 5.19 Å². The molecule has 0 fully saturated rings. The third kappa shape index (κ3) is 7.13. The molecule has 0 amide bonds. The molecule has 0 aliphatic carbocycles. The molecule has 1 radical (unpaired) electrons. The molecular weight excluding hydrogens is 773 g/mol. The van der Waals surface area contributed by atoms with Gasteiger partial charge in [0.05, 0.1) is 5.58 Å². The van der Waals surface area contributed by atoms with Gasteiger partial charge in [0.15, 0.2) is 0 Å². The van der Waals surface area contributed by atoms with Crippen molar-refractivity contribution in [2.75, 3.05) is 0 Å². The number of aromatic nitrogens is 2. The van der Waals surface area contributed by atoms with Gasteiger partial charge in [-0.3, -0.25) is 0 Å². The van der Waals surface area contributed by atoms with E-state index in [9.17, 15) is 0 Å². The molecule has 0 bridgehead atoms. The van der Waals surface area contributed by atoms with Crippen LogP contribution in [0.1, 0.15) is 39.4 Å². The number of nitrogens with zero attached hydrogens (tertiary/aromatic N) is 4. The molecule has 0 N–H and O–H groups in total. The fourth-order valence-electron chi connectivity index (χ4n) is 6.10. The summed E-state index contributed by atoms with van der Waals surface area (Å²) in [6.07, 6.45) is 8.28. The van der Waals surface area contributed by atoms with E-state index in [0.29, 0.717) is 12.1 Å². The SMILES string of the molecule is CC(C)N1C=CN(C(C)C)C1c1ccnc(-c2[c-]cc([Si](C)(C)C)c3c2oc2ccccc23)c1.[Ir].[c-]1ccccc1-c1ccccn1. The summed E-state index contributed by atoms with van der Waals surface area (Å²) in [5.41, 5.74) is 6.90. The Morgan fingerprint density at radius 1 is 0.766 bits per heavy atom. The Balaban J connectivity index is 0.000000280.